The lowest BCUT2D eigenvalue weighted by Crippen LogP contribution is -2.12. The number of carbonyl (C=O) groups excluding carboxylic acids is 2. The zero-order valence-electron chi connectivity index (χ0n) is 15.2. The molecule has 0 bridgehead atoms. The molecule has 0 saturated heterocycles. The number of nitrogens with one attached hydrogen (secondary N) is 2. The Kier molecular flexibility index (Phi) is 5.52. The maximum Gasteiger partial charge on any atom is 0.255 e. The molecule has 27 heavy (non-hydrogen) atoms. The van der Waals surface area contributed by atoms with Crippen LogP contribution in [0.5, 0.6) is 11.5 Å². The number of rotatable bonds is 5. The molecule has 0 aliphatic rings. The number of aryl methyl sites for hydroxylation is 1. The summed E-state index contributed by atoms with van der Waals surface area (Å²) >= 11 is 0. The van der Waals surface area contributed by atoms with Crippen LogP contribution in [-0.2, 0) is 4.79 Å². The van der Waals surface area contributed by atoms with E-state index >= 15 is 0 Å². The maximum absolute atomic E-state index is 12.6. The van der Waals surface area contributed by atoms with E-state index in [1.807, 2.05) is 43.3 Å². The predicted molar refractivity (Wildman–Crippen MR) is 106 cm³/mol. The van der Waals surface area contributed by atoms with Crippen molar-refractivity contribution in [1.82, 2.24) is 0 Å². The number of anilines is 2. The quantitative estimate of drug-likeness (QED) is 0.673. The Morgan fingerprint density at radius 2 is 1.56 bits per heavy atom. The van der Waals surface area contributed by atoms with Crippen molar-refractivity contribution in [3.8, 4) is 11.5 Å². The van der Waals surface area contributed by atoms with E-state index in [0.29, 0.717) is 22.7 Å². The summed E-state index contributed by atoms with van der Waals surface area (Å²) in [5, 5.41) is 5.61. The van der Waals surface area contributed by atoms with Crippen LogP contribution >= 0.6 is 0 Å². The first kappa shape index (κ1) is 18.2. The third-order valence-electron chi connectivity index (χ3n) is 3.87. The normalized spacial score (nSPS) is 10.1. The standard InChI is InChI=1S/C22H20N2O3/c1-15-13-18(11-12-21(15)23-16(2)25)24-22(26)17-7-6-10-20(14-17)27-19-8-4-3-5-9-19/h3-14H,1-2H3,(H,23,25)(H,24,26). The second-order valence-electron chi connectivity index (χ2n) is 6.11. The second-order valence-corrected chi connectivity index (χ2v) is 6.11. The van der Waals surface area contributed by atoms with Crippen molar-refractivity contribution in [1.29, 1.82) is 0 Å². The minimum absolute atomic E-state index is 0.134. The molecule has 5 heteroatoms. The van der Waals surface area contributed by atoms with Gasteiger partial charge in [-0.25, -0.2) is 0 Å². The van der Waals surface area contributed by atoms with Crippen LogP contribution in [0.3, 0.4) is 0 Å². The number of hydrogen-bond acceptors (Lipinski definition) is 3. The predicted octanol–water partition coefficient (Wildman–Crippen LogP) is 5.00. The van der Waals surface area contributed by atoms with Gasteiger partial charge < -0.3 is 15.4 Å². The summed E-state index contributed by atoms with van der Waals surface area (Å²) in [6.45, 7) is 3.33. The first-order valence-corrected chi connectivity index (χ1v) is 8.54. The van der Waals surface area contributed by atoms with Crippen molar-refractivity contribution in [2.45, 2.75) is 13.8 Å². The zero-order valence-corrected chi connectivity index (χ0v) is 15.2. The molecule has 0 unspecified atom stereocenters. The molecule has 2 N–H and O–H groups in total. The topological polar surface area (TPSA) is 67.4 Å². The molecule has 3 rings (SSSR count). The summed E-state index contributed by atoms with van der Waals surface area (Å²) in [4.78, 5) is 23.7. The highest BCUT2D eigenvalue weighted by Gasteiger charge is 2.09. The summed E-state index contributed by atoms with van der Waals surface area (Å²) in [6, 6.07) is 21.7. The molecule has 0 aromatic heterocycles. The minimum Gasteiger partial charge on any atom is -0.457 e. The fourth-order valence-electron chi connectivity index (χ4n) is 2.60. The Morgan fingerprint density at radius 1 is 0.815 bits per heavy atom. The van der Waals surface area contributed by atoms with E-state index in [1.54, 1.807) is 36.4 Å². The molecule has 0 heterocycles. The smallest absolute Gasteiger partial charge is 0.255 e. The Bertz CT molecular complexity index is 968. The van der Waals surface area contributed by atoms with E-state index in [0.717, 1.165) is 11.3 Å². The van der Waals surface area contributed by atoms with E-state index in [2.05, 4.69) is 10.6 Å². The van der Waals surface area contributed by atoms with Crippen molar-refractivity contribution in [3.63, 3.8) is 0 Å². The lowest BCUT2D eigenvalue weighted by Gasteiger charge is -2.11. The lowest BCUT2D eigenvalue weighted by molar-refractivity contribution is -0.114. The number of carbonyl (C=O) groups is 2. The minimum atomic E-state index is -0.236. The molecular formula is C22H20N2O3. The monoisotopic (exact) mass is 360 g/mol. The van der Waals surface area contributed by atoms with Gasteiger partial charge in [0, 0.05) is 23.9 Å². The molecular weight excluding hydrogens is 340 g/mol. The molecule has 3 aromatic rings. The molecule has 0 aliphatic carbocycles. The van der Waals surface area contributed by atoms with Crippen molar-refractivity contribution in [2.75, 3.05) is 10.6 Å². The van der Waals surface area contributed by atoms with E-state index in [9.17, 15) is 9.59 Å². The molecule has 136 valence electrons. The molecule has 5 nitrogen and oxygen atoms in total. The highest BCUT2D eigenvalue weighted by Crippen LogP contribution is 2.23. The van der Waals surface area contributed by atoms with Crippen LogP contribution in [0.4, 0.5) is 11.4 Å². The van der Waals surface area contributed by atoms with E-state index in [-0.39, 0.29) is 11.8 Å². The molecule has 0 saturated carbocycles. The first-order valence-electron chi connectivity index (χ1n) is 8.54. The Morgan fingerprint density at radius 3 is 2.26 bits per heavy atom. The van der Waals surface area contributed by atoms with Crippen LogP contribution in [0.25, 0.3) is 0 Å². The Labute approximate surface area is 158 Å². The summed E-state index contributed by atoms with van der Waals surface area (Å²) in [6.07, 6.45) is 0. The van der Waals surface area contributed by atoms with Gasteiger partial charge in [0.15, 0.2) is 0 Å². The van der Waals surface area contributed by atoms with Crippen LogP contribution < -0.4 is 15.4 Å². The Hall–Kier alpha value is -3.60. The third kappa shape index (κ3) is 4.95. The average Bonchev–Trinajstić information content (AvgIpc) is 2.65. The van der Waals surface area contributed by atoms with Crippen LogP contribution in [0.1, 0.15) is 22.8 Å². The van der Waals surface area contributed by atoms with Gasteiger partial charge >= 0.3 is 0 Å². The van der Waals surface area contributed by atoms with Crippen LogP contribution in [0.2, 0.25) is 0 Å². The van der Waals surface area contributed by atoms with Crippen LogP contribution in [-0.4, -0.2) is 11.8 Å². The molecule has 0 fully saturated rings. The zero-order chi connectivity index (χ0) is 19.2. The number of hydrogen-bond donors (Lipinski definition) is 2. The van der Waals surface area contributed by atoms with Crippen LogP contribution in [0, 0.1) is 6.92 Å². The number of amides is 2. The van der Waals surface area contributed by atoms with Gasteiger partial charge in [0.05, 0.1) is 0 Å². The molecule has 0 radical (unpaired) electrons. The van der Waals surface area contributed by atoms with Gasteiger partial charge in [-0.15, -0.1) is 0 Å². The van der Waals surface area contributed by atoms with Crippen molar-refractivity contribution >= 4 is 23.2 Å². The van der Waals surface area contributed by atoms with Gasteiger partial charge in [0.1, 0.15) is 11.5 Å². The number of para-hydroxylation sites is 1. The summed E-state index contributed by atoms with van der Waals surface area (Å²) in [5.41, 5.74) is 2.73. The SMILES string of the molecule is CC(=O)Nc1ccc(NC(=O)c2cccc(Oc3ccccc3)c2)cc1C. The molecule has 0 atom stereocenters. The van der Waals surface area contributed by atoms with Gasteiger partial charge in [-0.3, -0.25) is 9.59 Å². The highest BCUT2D eigenvalue weighted by atomic mass is 16.5. The van der Waals surface area contributed by atoms with Crippen molar-refractivity contribution in [2.24, 2.45) is 0 Å². The highest BCUT2D eigenvalue weighted by molar-refractivity contribution is 6.04. The Balaban J connectivity index is 1.72. The summed E-state index contributed by atoms with van der Waals surface area (Å²) in [7, 11) is 0. The largest absolute Gasteiger partial charge is 0.457 e. The van der Waals surface area contributed by atoms with Gasteiger partial charge in [-0.2, -0.15) is 0 Å². The second kappa shape index (κ2) is 8.19. The van der Waals surface area contributed by atoms with Crippen molar-refractivity contribution < 1.29 is 14.3 Å². The van der Waals surface area contributed by atoms with Crippen LogP contribution in [0.15, 0.2) is 72.8 Å². The van der Waals surface area contributed by atoms with Gasteiger partial charge in [-0.05, 0) is 61.0 Å². The number of benzene rings is 3. The third-order valence-corrected chi connectivity index (χ3v) is 3.87. The fourth-order valence-corrected chi connectivity index (χ4v) is 2.60. The number of ether oxygens (including phenoxy) is 1. The fraction of sp³-hybridized carbons (Fsp3) is 0.0909. The first-order chi connectivity index (χ1) is 13.0. The lowest BCUT2D eigenvalue weighted by atomic mass is 10.1. The molecule has 2 amide bonds. The van der Waals surface area contributed by atoms with E-state index in [1.165, 1.54) is 6.92 Å². The van der Waals surface area contributed by atoms with Gasteiger partial charge in [-0.1, -0.05) is 24.3 Å². The van der Waals surface area contributed by atoms with Gasteiger partial charge in [0.2, 0.25) is 5.91 Å². The molecule has 0 aliphatic heterocycles. The molecule has 0 spiro atoms. The average molecular weight is 360 g/mol. The summed E-state index contributed by atoms with van der Waals surface area (Å²) in [5.74, 6) is 0.926. The van der Waals surface area contributed by atoms with E-state index < -0.39 is 0 Å². The maximum atomic E-state index is 12.6. The van der Waals surface area contributed by atoms with E-state index in [4.69, 9.17) is 4.74 Å². The summed E-state index contributed by atoms with van der Waals surface area (Å²) < 4.78 is 5.77. The van der Waals surface area contributed by atoms with Crippen molar-refractivity contribution in [3.05, 3.63) is 83.9 Å². The molecule has 3 aromatic carbocycles. The van der Waals surface area contributed by atoms with Gasteiger partial charge in [0.25, 0.3) is 5.91 Å².